The highest BCUT2D eigenvalue weighted by molar-refractivity contribution is 5.98. The molecule has 0 saturated heterocycles. The molecule has 0 radical (unpaired) electrons. The minimum atomic E-state index is -2.08. The lowest BCUT2D eigenvalue weighted by Gasteiger charge is -2.23. The summed E-state index contributed by atoms with van der Waals surface area (Å²) in [4.78, 5) is 37.0. The standard InChI is InChI=1S/C23H28N2O6/c1-15(2)13-18(21(28)24-17-11-7-4-8-12-17)25-22(29)19(26)20(27)23(30)31-14-16-9-5-3-6-10-16/h3-12,15,18-20,26-27H,13-14H2,1-2H3,(H,24,28)(H,25,29)/t18-,19-,20-/m0/s1. The lowest BCUT2D eigenvalue weighted by molar-refractivity contribution is -0.165. The van der Waals surface area contributed by atoms with Crippen LogP contribution in [0.25, 0.3) is 0 Å². The summed E-state index contributed by atoms with van der Waals surface area (Å²) in [5.74, 6) is -2.59. The summed E-state index contributed by atoms with van der Waals surface area (Å²) in [6.07, 6.45) is -3.87. The first kappa shape index (κ1) is 24.0. The average Bonchev–Trinajstić information content (AvgIpc) is 2.77. The van der Waals surface area contributed by atoms with E-state index in [-0.39, 0.29) is 12.5 Å². The number of benzene rings is 2. The van der Waals surface area contributed by atoms with Crippen molar-refractivity contribution < 1.29 is 29.3 Å². The van der Waals surface area contributed by atoms with Gasteiger partial charge in [0.25, 0.3) is 5.91 Å². The maximum atomic E-state index is 12.6. The Labute approximate surface area is 181 Å². The van der Waals surface area contributed by atoms with Crippen LogP contribution in [0.2, 0.25) is 0 Å². The topological polar surface area (TPSA) is 125 Å². The lowest BCUT2D eigenvalue weighted by Crippen LogP contribution is -2.52. The van der Waals surface area contributed by atoms with Gasteiger partial charge < -0.3 is 25.6 Å². The van der Waals surface area contributed by atoms with Crippen molar-refractivity contribution in [2.75, 3.05) is 5.32 Å². The molecule has 8 nitrogen and oxygen atoms in total. The number of carbonyl (C=O) groups is 3. The Morgan fingerprint density at radius 2 is 1.45 bits per heavy atom. The molecule has 0 unspecified atom stereocenters. The van der Waals surface area contributed by atoms with Crippen molar-refractivity contribution in [2.24, 2.45) is 5.92 Å². The molecule has 2 aromatic rings. The summed E-state index contributed by atoms with van der Waals surface area (Å²) in [6, 6.07) is 16.5. The number of ether oxygens (including phenoxy) is 1. The normalized spacial score (nSPS) is 13.7. The number of nitrogens with one attached hydrogen (secondary N) is 2. The smallest absolute Gasteiger partial charge is 0.338 e. The molecule has 2 rings (SSSR count). The van der Waals surface area contributed by atoms with Crippen molar-refractivity contribution in [3.05, 3.63) is 66.2 Å². The molecule has 0 aromatic heterocycles. The van der Waals surface area contributed by atoms with E-state index >= 15 is 0 Å². The molecule has 4 N–H and O–H groups in total. The number of hydrogen-bond donors (Lipinski definition) is 4. The highest BCUT2D eigenvalue weighted by Gasteiger charge is 2.34. The fourth-order valence-electron chi connectivity index (χ4n) is 2.80. The van der Waals surface area contributed by atoms with Crippen LogP contribution in [0.15, 0.2) is 60.7 Å². The monoisotopic (exact) mass is 428 g/mol. The second-order valence-electron chi connectivity index (χ2n) is 7.53. The van der Waals surface area contributed by atoms with E-state index in [2.05, 4.69) is 10.6 Å². The van der Waals surface area contributed by atoms with Gasteiger partial charge in [0.05, 0.1) is 0 Å². The highest BCUT2D eigenvalue weighted by atomic mass is 16.5. The average molecular weight is 428 g/mol. The first-order chi connectivity index (χ1) is 14.8. The van der Waals surface area contributed by atoms with Gasteiger partial charge in [-0.2, -0.15) is 0 Å². The summed E-state index contributed by atoms with van der Waals surface area (Å²) >= 11 is 0. The minimum absolute atomic E-state index is 0.0599. The fourth-order valence-corrected chi connectivity index (χ4v) is 2.80. The Morgan fingerprint density at radius 3 is 2.03 bits per heavy atom. The summed E-state index contributed by atoms with van der Waals surface area (Å²) in [5, 5.41) is 25.2. The summed E-state index contributed by atoms with van der Waals surface area (Å²) < 4.78 is 4.95. The number of esters is 1. The molecule has 0 saturated carbocycles. The second-order valence-corrected chi connectivity index (χ2v) is 7.53. The number of aliphatic hydroxyl groups is 2. The maximum absolute atomic E-state index is 12.6. The van der Waals surface area contributed by atoms with Crippen LogP contribution in [-0.4, -0.2) is 46.2 Å². The lowest BCUT2D eigenvalue weighted by atomic mass is 10.0. The predicted octanol–water partition coefficient (Wildman–Crippen LogP) is 1.62. The Hall–Kier alpha value is -3.23. The number of amides is 2. The molecule has 0 bridgehead atoms. The second kappa shape index (κ2) is 11.8. The SMILES string of the molecule is CC(C)C[C@H](NC(=O)[C@@H](O)[C@H](O)C(=O)OCc1ccccc1)C(=O)Nc1ccccc1. The third kappa shape index (κ3) is 7.84. The van der Waals surface area contributed by atoms with Crippen molar-refractivity contribution in [3.8, 4) is 0 Å². The summed E-state index contributed by atoms with van der Waals surface area (Å²) in [7, 11) is 0. The first-order valence-electron chi connectivity index (χ1n) is 10.0. The molecule has 8 heteroatoms. The molecule has 0 spiro atoms. The van der Waals surface area contributed by atoms with Gasteiger partial charge in [-0.05, 0) is 30.0 Å². The fraction of sp³-hybridized carbons (Fsp3) is 0.348. The van der Waals surface area contributed by atoms with Gasteiger partial charge >= 0.3 is 5.97 Å². The van der Waals surface area contributed by atoms with Crippen LogP contribution >= 0.6 is 0 Å². The zero-order valence-corrected chi connectivity index (χ0v) is 17.5. The largest absolute Gasteiger partial charge is 0.459 e. The Balaban J connectivity index is 1.95. The van der Waals surface area contributed by atoms with Crippen LogP contribution in [0, 0.1) is 5.92 Å². The molecule has 166 valence electrons. The molecular formula is C23H28N2O6. The van der Waals surface area contributed by atoms with Crippen molar-refractivity contribution >= 4 is 23.5 Å². The number of rotatable bonds is 10. The highest BCUT2D eigenvalue weighted by Crippen LogP contribution is 2.11. The minimum Gasteiger partial charge on any atom is -0.459 e. The van der Waals surface area contributed by atoms with Crippen molar-refractivity contribution in [1.82, 2.24) is 5.32 Å². The van der Waals surface area contributed by atoms with Gasteiger partial charge in [0.1, 0.15) is 12.6 Å². The van der Waals surface area contributed by atoms with Gasteiger partial charge in [0.15, 0.2) is 12.2 Å². The van der Waals surface area contributed by atoms with Crippen LogP contribution in [0.5, 0.6) is 0 Å². The molecule has 2 aromatic carbocycles. The Morgan fingerprint density at radius 1 is 0.871 bits per heavy atom. The van der Waals surface area contributed by atoms with E-state index in [1.54, 1.807) is 60.7 Å². The number of aliphatic hydroxyl groups excluding tert-OH is 2. The van der Waals surface area contributed by atoms with E-state index in [1.165, 1.54) is 0 Å². The molecule has 0 fully saturated rings. The summed E-state index contributed by atoms with van der Waals surface area (Å²) in [6.45, 7) is 3.64. The molecule has 2 amide bonds. The van der Waals surface area contributed by atoms with Crippen LogP contribution in [0.3, 0.4) is 0 Å². The molecular weight excluding hydrogens is 400 g/mol. The van der Waals surface area contributed by atoms with Crippen molar-refractivity contribution in [2.45, 2.75) is 45.1 Å². The van der Waals surface area contributed by atoms with Gasteiger partial charge in [-0.3, -0.25) is 9.59 Å². The molecule has 31 heavy (non-hydrogen) atoms. The van der Waals surface area contributed by atoms with Gasteiger partial charge in [0.2, 0.25) is 5.91 Å². The number of hydrogen-bond acceptors (Lipinski definition) is 6. The molecule has 0 aliphatic rings. The van der Waals surface area contributed by atoms with Crippen LogP contribution in [-0.2, 0) is 25.7 Å². The van der Waals surface area contributed by atoms with E-state index in [0.29, 0.717) is 17.7 Å². The van der Waals surface area contributed by atoms with Crippen molar-refractivity contribution in [1.29, 1.82) is 0 Å². The van der Waals surface area contributed by atoms with Crippen LogP contribution in [0.4, 0.5) is 5.69 Å². The first-order valence-corrected chi connectivity index (χ1v) is 10.0. The van der Waals surface area contributed by atoms with E-state index in [1.807, 2.05) is 13.8 Å². The third-order valence-corrected chi connectivity index (χ3v) is 4.41. The zero-order valence-electron chi connectivity index (χ0n) is 17.5. The van der Waals surface area contributed by atoms with Gasteiger partial charge in [0, 0.05) is 5.69 Å². The third-order valence-electron chi connectivity index (χ3n) is 4.41. The maximum Gasteiger partial charge on any atom is 0.338 e. The number of para-hydroxylation sites is 1. The van der Waals surface area contributed by atoms with Crippen LogP contribution in [0.1, 0.15) is 25.8 Å². The molecule has 0 aliphatic carbocycles. The Kier molecular flexibility index (Phi) is 9.17. The van der Waals surface area contributed by atoms with Gasteiger partial charge in [-0.1, -0.05) is 62.4 Å². The number of carbonyl (C=O) groups excluding carboxylic acids is 3. The molecule has 0 heterocycles. The quantitative estimate of drug-likeness (QED) is 0.426. The van der Waals surface area contributed by atoms with E-state index in [0.717, 1.165) is 0 Å². The van der Waals surface area contributed by atoms with Crippen molar-refractivity contribution in [3.63, 3.8) is 0 Å². The molecule has 3 atom stereocenters. The van der Waals surface area contributed by atoms with Gasteiger partial charge in [-0.25, -0.2) is 4.79 Å². The van der Waals surface area contributed by atoms with E-state index < -0.39 is 36.0 Å². The molecule has 0 aliphatic heterocycles. The van der Waals surface area contributed by atoms with E-state index in [9.17, 15) is 24.6 Å². The van der Waals surface area contributed by atoms with E-state index in [4.69, 9.17) is 4.74 Å². The Bertz CT molecular complexity index is 857. The zero-order chi connectivity index (χ0) is 22.8. The van der Waals surface area contributed by atoms with Crippen LogP contribution < -0.4 is 10.6 Å². The number of anilines is 1. The van der Waals surface area contributed by atoms with Gasteiger partial charge in [-0.15, -0.1) is 0 Å². The predicted molar refractivity (Wildman–Crippen MR) is 115 cm³/mol. The summed E-state index contributed by atoms with van der Waals surface area (Å²) in [5.41, 5.74) is 1.25.